The zero-order valence-electron chi connectivity index (χ0n) is 14.9. The Morgan fingerprint density at radius 2 is 0.643 bits per heavy atom. The Morgan fingerprint density at radius 1 is 0.357 bits per heavy atom. The van der Waals surface area contributed by atoms with E-state index in [9.17, 15) is 0 Å². The Labute approximate surface area is 164 Å². The molecule has 5 aromatic rings. The van der Waals surface area contributed by atoms with Crippen molar-refractivity contribution in [1.29, 1.82) is 0 Å². The molecule has 0 saturated heterocycles. The summed E-state index contributed by atoms with van der Waals surface area (Å²) in [4.78, 5) is 0. The number of hydrogen-bond acceptors (Lipinski definition) is 0. The molecule has 0 fully saturated rings. The molecule has 0 radical (unpaired) electrons. The van der Waals surface area contributed by atoms with Crippen LogP contribution in [0.2, 0.25) is 0 Å². The Morgan fingerprint density at radius 3 is 0.929 bits per heavy atom. The third-order valence-corrected chi connectivity index (χ3v) is 4.72. The van der Waals surface area contributed by atoms with Gasteiger partial charge in [0, 0.05) is 32.3 Å². The second-order valence-corrected chi connectivity index (χ2v) is 6.42. The van der Waals surface area contributed by atoms with E-state index in [4.69, 9.17) is 0 Å². The first-order valence-corrected chi connectivity index (χ1v) is 8.98. The molecule has 0 aromatic heterocycles. The van der Waals surface area contributed by atoms with Crippen molar-refractivity contribution in [2.75, 3.05) is 0 Å². The summed E-state index contributed by atoms with van der Waals surface area (Å²) in [6, 6.07) is 49.3. The summed E-state index contributed by atoms with van der Waals surface area (Å²) in [5.74, 6) is 0. The second kappa shape index (κ2) is 6.75. The molecule has 0 N–H and O–H groups in total. The van der Waals surface area contributed by atoms with Crippen LogP contribution in [-0.4, -0.2) is 0 Å². The minimum atomic E-state index is 0.931. The van der Waals surface area contributed by atoms with Gasteiger partial charge in [-0.05, 0) is 59.3 Å². The van der Waals surface area contributed by atoms with E-state index in [1.54, 1.807) is 0 Å². The largest absolute Gasteiger partial charge is 0.0604 e. The standard InChI is InChI=1S/C28H12/c1-2-10-22-14-6-19-26-20-8-16-24(28(22)26)12-4-3-11-23-15-7-18-25-17-5-13-21(9-1)27(23)25/h5-8,13-20H. The van der Waals surface area contributed by atoms with E-state index in [0.29, 0.717) is 0 Å². The van der Waals surface area contributed by atoms with E-state index < -0.39 is 0 Å². The zero-order valence-corrected chi connectivity index (χ0v) is 14.9. The summed E-state index contributed by atoms with van der Waals surface area (Å²) < 4.78 is 0. The molecule has 5 rings (SSSR count). The van der Waals surface area contributed by atoms with Gasteiger partial charge in [-0.3, -0.25) is 0 Å². The third-order valence-electron chi connectivity index (χ3n) is 4.72. The Bertz CT molecular complexity index is 1200. The van der Waals surface area contributed by atoms with Gasteiger partial charge >= 0.3 is 0 Å². The van der Waals surface area contributed by atoms with Crippen molar-refractivity contribution < 1.29 is 0 Å². The van der Waals surface area contributed by atoms with Gasteiger partial charge in [-0.2, -0.15) is 0 Å². The second-order valence-electron chi connectivity index (χ2n) is 6.42. The summed E-state index contributed by atoms with van der Waals surface area (Å²) in [6.07, 6.45) is 0. The normalized spacial score (nSPS) is 9.71. The van der Waals surface area contributed by atoms with Crippen molar-refractivity contribution in [3.05, 3.63) is 121 Å². The van der Waals surface area contributed by atoms with Gasteiger partial charge in [0.05, 0.1) is 0 Å². The fraction of sp³-hybridized carbons (Fsp3) is 0. The van der Waals surface area contributed by atoms with Crippen molar-refractivity contribution in [2.24, 2.45) is 0 Å². The van der Waals surface area contributed by atoms with Crippen LogP contribution in [0.3, 0.4) is 0 Å². The molecule has 0 amide bonds. The van der Waals surface area contributed by atoms with Gasteiger partial charge in [-0.25, -0.2) is 0 Å². The molecule has 0 spiro atoms. The molecule has 0 atom stereocenters. The molecule has 0 aliphatic rings. The van der Waals surface area contributed by atoms with Crippen LogP contribution in [-0.2, 0) is 0 Å². The van der Waals surface area contributed by atoms with Crippen LogP contribution < -0.4 is 0 Å². The van der Waals surface area contributed by atoms with Gasteiger partial charge in [0.1, 0.15) is 0 Å². The van der Waals surface area contributed by atoms with Gasteiger partial charge in [0.2, 0.25) is 0 Å². The van der Waals surface area contributed by atoms with Crippen LogP contribution in [0.15, 0.2) is 72.8 Å². The predicted molar refractivity (Wildman–Crippen MR) is 114 cm³/mol. The SMILES string of the molecule is c1c#cc2cccc3cccc(c#cc#cc4cccc5cccc(c#1)c45)c23. The Kier molecular flexibility index (Phi) is 3.82. The molecule has 124 valence electrons. The summed E-state index contributed by atoms with van der Waals surface area (Å²) in [6.45, 7) is 0. The van der Waals surface area contributed by atoms with Gasteiger partial charge in [-0.1, -0.05) is 72.8 Å². The zero-order chi connectivity index (χ0) is 18.8. The van der Waals surface area contributed by atoms with Crippen molar-refractivity contribution in [2.45, 2.75) is 0 Å². The average Bonchev–Trinajstić information content (AvgIpc) is 2.74. The molecule has 0 heterocycles. The molecule has 0 heteroatoms. The lowest BCUT2D eigenvalue weighted by molar-refractivity contribution is 1.80. The van der Waals surface area contributed by atoms with E-state index in [1.807, 2.05) is 48.5 Å². The average molecular weight is 348 g/mol. The molecule has 0 unspecified atom stereocenters. The van der Waals surface area contributed by atoms with E-state index in [0.717, 1.165) is 43.1 Å². The summed E-state index contributed by atoms with van der Waals surface area (Å²) in [7, 11) is 0. The first-order valence-electron chi connectivity index (χ1n) is 8.98. The van der Waals surface area contributed by atoms with E-state index >= 15 is 0 Å². The molecule has 0 nitrogen and oxygen atoms in total. The maximum absolute atomic E-state index is 3.21. The van der Waals surface area contributed by atoms with Crippen LogP contribution in [0.4, 0.5) is 0 Å². The summed E-state index contributed by atoms with van der Waals surface area (Å²) >= 11 is 0. The topological polar surface area (TPSA) is 0 Å². The summed E-state index contributed by atoms with van der Waals surface area (Å²) in [5, 5.41) is 8.05. The number of rotatable bonds is 0. The fourth-order valence-corrected chi connectivity index (χ4v) is 3.49. The molecule has 5 aromatic carbocycles. The first-order chi connectivity index (χ1) is 13.9. The van der Waals surface area contributed by atoms with Gasteiger partial charge in [0.25, 0.3) is 0 Å². The lowest BCUT2D eigenvalue weighted by Gasteiger charge is -1.98. The molecular weight excluding hydrogens is 336 g/mol. The highest BCUT2D eigenvalue weighted by Crippen LogP contribution is 2.23. The smallest absolute Gasteiger partial charge is 0.0346 e. The maximum Gasteiger partial charge on any atom is 0.0346 e. The quantitative estimate of drug-likeness (QED) is 0.304. The van der Waals surface area contributed by atoms with Crippen LogP contribution in [0.5, 0.6) is 0 Å². The third kappa shape index (κ3) is 2.77. The van der Waals surface area contributed by atoms with E-state index in [-0.39, 0.29) is 0 Å². The van der Waals surface area contributed by atoms with Crippen molar-refractivity contribution in [3.8, 4) is 0 Å². The molecular formula is C28H12. The lowest BCUT2D eigenvalue weighted by Crippen LogP contribution is -1.74. The van der Waals surface area contributed by atoms with Crippen molar-refractivity contribution in [1.82, 2.24) is 0 Å². The molecule has 0 aliphatic carbocycles. The maximum atomic E-state index is 3.21. The monoisotopic (exact) mass is 348 g/mol. The first kappa shape index (κ1) is 15.9. The fourth-order valence-electron chi connectivity index (χ4n) is 3.49. The van der Waals surface area contributed by atoms with Crippen molar-refractivity contribution >= 4 is 43.1 Å². The van der Waals surface area contributed by atoms with Crippen LogP contribution in [0, 0.1) is 48.5 Å². The highest BCUT2D eigenvalue weighted by Gasteiger charge is 1.98. The van der Waals surface area contributed by atoms with Crippen LogP contribution in [0.1, 0.15) is 0 Å². The highest BCUT2D eigenvalue weighted by molar-refractivity contribution is 6.09. The van der Waals surface area contributed by atoms with Gasteiger partial charge in [-0.15, -0.1) is 0 Å². The van der Waals surface area contributed by atoms with Gasteiger partial charge in [0.15, 0.2) is 0 Å². The highest BCUT2D eigenvalue weighted by atomic mass is 14.0. The van der Waals surface area contributed by atoms with Crippen LogP contribution in [0.25, 0.3) is 43.1 Å². The Hall–Kier alpha value is -4.36. The number of hydrogen-bond donors (Lipinski definition) is 0. The Balaban J connectivity index is 1.93. The van der Waals surface area contributed by atoms with Crippen LogP contribution >= 0.6 is 0 Å². The van der Waals surface area contributed by atoms with Gasteiger partial charge < -0.3 is 0 Å². The van der Waals surface area contributed by atoms with E-state index in [2.05, 4.69) is 72.8 Å². The van der Waals surface area contributed by atoms with E-state index in [1.165, 1.54) is 0 Å². The molecule has 0 bridgehead atoms. The molecule has 0 saturated carbocycles. The predicted octanol–water partition coefficient (Wildman–Crippen LogP) is 6.39. The minimum Gasteiger partial charge on any atom is -0.0604 e. The molecule has 0 aliphatic heterocycles. The summed E-state index contributed by atoms with van der Waals surface area (Å²) in [5.41, 5.74) is 0. The molecule has 28 heavy (non-hydrogen) atoms. The lowest BCUT2D eigenvalue weighted by atomic mass is 10.0. The number of benzene rings is 4. The minimum absolute atomic E-state index is 0.931. The van der Waals surface area contributed by atoms with Crippen molar-refractivity contribution in [3.63, 3.8) is 0 Å².